The molecule has 6 nitrogen and oxygen atoms in total. The van der Waals surface area contributed by atoms with Crippen LogP contribution in [0.4, 0.5) is 10.5 Å². The molecule has 0 bridgehead atoms. The van der Waals surface area contributed by atoms with E-state index in [1.165, 1.54) is 18.4 Å². The second-order valence-corrected chi connectivity index (χ2v) is 8.52. The monoisotopic (exact) mass is 419 g/mol. The third-order valence-electron chi connectivity index (χ3n) is 6.17. The summed E-state index contributed by atoms with van der Waals surface area (Å²) in [6.07, 6.45) is 4.60. The van der Waals surface area contributed by atoms with Gasteiger partial charge in [-0.2, -0.15) is 0 Å². The van der Waals surface area contributed by atoms with Gasteiger partial charge in [-0.15, -0.1) is 0 Å². The molecule has 164 valence electrons. The highest BCUT2D eigenvalue weighted by atomic mass is 16.2. The van der Waals surface area contributed by atoms with Gasteiger partial charge in [0, 0.05) is 37.3 Å². The Balaban J connectivity index is 1.35. The number of nitrogens with one attached hydrogen (secondary N) is 3. The molecule has 2 aromatic rings. The first-order valence-corrected chi connectivity index (χ1v) is 11.4. The molecule has 0 radical (unpaired) electrons. The molecule has 31 heavy (non-hydrogen) atoms. The number of hydrogen-bond donors (Lipinski definition) is 3. The summed E-state index contributed by atoms with van der Waals surface area (Å²) < 4.78 is 0. The number of carbonyl (C=O) groups excluding carboxylic acids is 1. The van der Waals surface area contributed by atoms with E-state index >= 15 is 0 Å². The zero-order chi connectivity index (χ0) is 21.5. The maximum absolute atomic E-state index is 12.3. The number of nitrogens with zero attached hydrogens (tertiary/aromatic N) is 2. The van der Waals surface area contributed by atoms with Crippen LogP contribution in [0.15, 0.2) is 59.6 Å². The van der Waals surface area contributed by atoms with Crippen LogP contribution in [0, 0.1) is 0 Å². The molecule has 2 fully saturated rings. The first kappa shape index (κ1) is 21.2. The normalized spacial score (nSPS) is 17.3. The van der Waals surface area contributed by atoms with Gasteiger partial charge in [0.2, 0.25) is 0 Å². The molecule has 0 spiro atoms. The Kier molecular flexibility index (Phi) is 6.75. The molecule has 1 aliphatic heterocycles. The molecule has 1 heterocycles. The van der Waals surface area contributed by atoms with E-state index in [-0.39, 0.29) is 11.4 Å². The van der Waals surface area contributed by atoms with Gasteiger partial charge >= 0.3 is 6.03 Å². The topological polar surface area (TPSA) is 68.8 Å². The highest BCUT2D eigenvalue weighted by Gasteiger charge is 2.43. The van der Waals surface area contributed by atoms with Crippen molar-refractivity contribution < 1.29 is 4.79 Å². The fourth-order valence-electron chi connectivity index (χ4n) is 4.15. The van der Waals surface area contributed by atoms with Crippen LogP contribution in [-0.4, -0.2) is 43.1 Å². The Bertz CT molecular complexity index is 901. The van der Waals surface area contributed by atoms with Crippen molar-refractivity contribution in [1.29, 1.82) is 0 Å². The number of carbonyl (C=O) groups is 1. The number of likely N-dealkylation sites (tertiary alicyclic amines) is 1. The number of benzene rings is 2. The number of urea groups is 1. The van der Waals surface area contributed by atoms with Gasteiger partial charge in [0.25, 0.3) is 0 Å². The molecule has 0 atom stereocenters. The number of guanidine groups is 1. The highest BCUT2D eigenvalue weighted by Crippen LogP contribution is 2.47. The summed E-state index contributed by atoms with van der Waals surface area (Å²) >= 11 is 0. The molecule has 6 heteroatoms. The van der Waals surface area contributed by atoms with Crippen molar-refractivity contribution in [3.05, 3.63) is 65.7 Å². The number of rotatable bonds is 7. The van der Waals surface area contributed by atoms with E-state index in [1.807, 2.05) is 29.2 Å². The summed E-state index contributed by atoms with van der Waals surface area (Å²) in [4.78, 5) is 19.0. The third-order valence-corrected chi connectivity index (χ3v) is 6.17. The molecule has 2 aromatic carbocycles. The smallest absolute Gasteiger partial charge is 0.321 e. The lowest BCUT2D eigenvalue weighted by atomic mass is 9.96. The van der Waals surface area contributed by atoms with Crippen LogP contribution in [0.25, 0.3) is 0 Å². The van der Waals surface area contributed by atoms with Crippen LogP contribution >= 0.6 is 0 Å². The lowest BCUT2D eigenvalue weighted by molar-refractivity contribution is 0.222. The summed E-state index contributed by atoms with van der Waals surface area (Å²) in [6.45, 7) is 6.03. The minimum atomic E-state index is -0.0104. The third kappa shape index (κ3) is 5.57. The van der Waals surface area contributed by atoms with E-state index in [4.69, 9.17) is 4.99 Å². The van der Waals surface area contributed by atoms with E-state index in [0.717, 1.165) is 56.2 Å². The maximum Gasteiger partial charge on any atom is 0.321 e. The molecule has 0 aromatic heterocycles. The van der Waals surface area contributed by atoms with Gasteiger partial charge in [0.15, 0.2) is 5.96 Å². The number of hydrogen-bond acceptors (Lipinski definition) is 2. The SMILES string of the molecule is CCNC(=NCc1cccc(NC(=O)N2CCCC2)c1)NCC1(c2ccccc2)CC1. The van der Waals surface area contributed by atoms with Gasteiger partial charge < -0.3 is 20.9 Å². The lowest BCUT2D eigenvalue weighted by Gasteiger charge is -2.19. The van der Waals surface area contributed by atoms with Gasteiger partial charge in [-0.3, -0.25) is 0 Å². The van der Waals surface area contributed by atoms with Gasteiger partial charge in [-0.05, 0) is 55.9 Å². The van der Waals surface area contributed by atoms with Crippen LogP contribution in [-0.2, 0) is 12.0 Å². The average Bonchev–Trinajstić information content (AvgIpc) is 3.38. The standard InChI is InChI=1S/C25H33N5O/c1-2-26-23(28-19-25(13-14-25)21-10-4-3-5-11-21)27-18-20-9-8-12-22(17-20)29-24(31)30-15-6-7-16-30/h3-5,8-12,17H,2,6-7,13-16,18-19H2,1H3,(H,29,31)(H2,26,27,28). The van der Waals surface area contributed by atoms with Crippen molar-refractivity contribution in [3.8, 4) is 0 Å². The van der Waals surface area contributed by atoms with Gasteiger partial charge in [-0.25, -0.2) is 9.79 Å². The van der Waals surface area contributed by atoms with Crippen LogP contribution in [0.5, 0.6) is 0 Å². The molecule has 1 aliphatic carbocycles. The van der Waals surface area contributed by atoms with Crippen molar-refractivity contribution in [1.82, 2.24) is 15.5 Å². The Morgan fingerprint density at radius 3 is 2.52 bits per heavy atom. The molecule has 1 saturated heterocycles. The fourth-order valence-corrected chi connectivity index (χ4v) is 4.15. The van der Waals surface area contributed by atoms with Crippen molar-refractivity contribution in [2.45, 2.75) is 44.6 Å². The molecule has 2 aliphatic rings. The molecular weight excluding hydrogens is 386 g/mol. The maximum atomic E-state index is 12.3. The van der Waals surface area contributed by atoms with Crippen molar-refractivity contribution in [2.75, 3.05) is 31.5 Å². The van der Waals surface area contributed by atoms with Crippen LogP contribution in [0.2, 0.25) is 0 Å². The van der Waals surface area contributed by atoms with Gasteiger partial charge in [0.1, 0.15) is 0 Å². The minimum Gasteiger partial charge on any atom is -0.357 e. The van der Waals surface area contributed by atoms with Gasteiger partial charge in [-0.1, -0.05) is 42.5 Å². The Hall–Kier alpha value is -3.02. The van der Waals surface area contributed by atoms with Crippen molar-refractivity contribution in [2.24, 2.45) is 4.99 Å². The largest absolute Gasteiger partial charge is 0.357 e. The van der Waals surface area contributed by atoms with Crippen LogP contribution < -0.4 is 16.0 Å². The van der Waals surface area contributed by atoms with Crippen molar-refractivity contribution in [3.63, 3.8) is 0 Å². The first-order chi connectivity index (χ1) is 15.2. The summed E-state index contributed by atoms with van der Waals surface area (Å²) in [6, 6.07) is 18.7. The number of amides is 2. The zero-order valence-electron chi connectivity index (χ0n) is 18.4. The Morgan fingerprint density at radius 1 is 1.03 bits per heavy atom. The second kappa shape index (κ2) is 9.86. The van der Waals surface area contributed by atoms with E-state index < -0.39 is 0 Å². The number of aliphatic imine (C=N–C) groups is 1. The predicted octanol–water partition coefficient (Wildman–Crippen LogP) is 4.10. The molecule has 2 amide bonds. The fraction of sp³-hybridized carbons (Fsp3) is 0.440. The lowest BCUT2D eigenvalue weighted by Crippen LogP contribution is -2.41. The molecule has 0 unspecified atom stereocenters. The molecule has 4 rings (SSSR count). The Labute approximate surface area is 185 Å². The first-order valence-electron chi connectivity index (χ1n) is 11.4. The predicted molar refractivity (Wildman–Crippen MR) is 126 cm³/mol. The number of anilines is 1. The second-order valence-electron chi connectivity index (χ2n) is 8.52. The van der Waals surface area contributed by atoms with E-state index in [1.54, 1.807) is 0 Å². The van der Waals surface area contributed by atoms with Crippen molar-refractivity contribution >= 4 is 17.7 Å². The quantitative estimate of drug-likeness (QED) is 0.467. The zero-order valence-corrected chi connectivity index (χ0v) is 18.4. The summed E-state index contributed by atoms with van der Waals surface area (Å²) in [7, 11) is 0. The highest BCUT2D eigenvalue weighted by molar-refractivity contribution is 5.89. The summed E-state index contributed by atoms with van der Waals surface area (Å²) in [5, 5.41) is 9.91. The van der Waals surface area contributed by atoms with Crippen LogP contribution in [0.1, 0.15) is 43.7 Å². The van der Waals surface area contributed by atoms with E-state index in [9.17, 15) is 4.79 Å². The van der Waals surface area contributed by atoms with Gasteiger partial charge in [0.05, 0.1) is 6.54 Å². The molecule has 1 saturated carbocycles. The van der Waals surface area contributed by atoms with E-state index in [2.05, 4.69) is 53.2 Å². The van der Waals surface area contributed by atoms with E-state index in [0.29, 0.717) is 6.54 Å². The minimum absolute atomic E-state index is 0.0104. The average molecular weight is 420 g/mol. The Morgan fingerprint density at radius 2 is 1.81 bits per heavy atom. The van der Waals surface area contributed by atoms with Crippen LogP contribution in [0.3, 0.4) is 0 Å². The summed E-state index contributed by atoms with van der Waals surface area (Å²) in [5.74, 6) is 0.830. The molecule has 3 N–H and O–H groups in total. The molecular formula is C25H33N5O. The summed E-state index contributed by atoms with van der Waals surface area (Å²) in [5.41, 5.74) is 3.53.